The van der Waals surface area contributed by atoms with Crippen LogP contribution in [-0.2, 0) is 11.3 Å². The van der Waals surface area contributed by atoms with E-state index in [1.165, 1.54) is 0 Å². The van der Waals surface area contributed by atoms with E-state index in [9.17, 15) is 9.59 Å². The highest BCUT2D eigenvalue weighted by Crippen LogP contribution is 2.29. The topological polar surface area (TPSA) is 61.9 Å². The summed E-state index contributed by atoms with van der Waals surface area (Å²) in [5.74, 6) is 0.304. The van der Waals surface area contributed by atoms with Crippen molar-refractivity contribution in [1.29, 1.82) is 0 Å². The molecular weight excluding hydrogens is 330 g/mol. The maximum Gasteiger partial charge on any atom is 0.262 e. The van der Waals surface area contributed by atoms with Crippen LogP contribution < -0.4 is 10.1 Å². The first-order valence-electron chi connectivity index (χ1n) is 8.57. The molecular formula is C20H23N3O3. The van der Waals surface area contributed by atoms with Crippen LogP contribution in [0, 0.1) is 0 Å². The highest BCUT2D eigenvalue weighted by atomic mass is 16.5. The molecule has 0 atom stereocenters. The minimum atomic E-state index is -0.212. The smallest absolute Gasteiger partial charge is 0.262 e. The number of anilines is 1. The number of nitrogens with one attached hydrogen (secondary N) is 1. The number of hydrogen-bond acceptors (Lipinski definition) is 4. The summed E-state index contributed by atoms with van der Waals surface area (Å²) in [6, 6.07) is 15.1. The minimum Gasteiger partial charge on any atom is -0.482 e. The molecule has 0 radical (unpaired) electrons. The van der Waals surface area contributed by atoms with Crippen LogP contribution >= 0.6 is 0 Å². The van der Waals surface area contributed by atoms with E-state index in [0.717, 1.165) is 12.1 Å². The number of hydrogen-bond donors (Lipinski definition) is 1. The fourth-order valence-electron chi connectivity index (χ4n) is 2.78. The van der Waals surface area contributed by atoms with Crippen LogP contribution in [0.15, 0.2) is 48.5 Å². The van der Waals surface area contributed by atoms with Gasteiger partial charge in [0.15, 0.2) is 6.61 Å². The predicted molar refractivity (Wildman–Crippen MR) is 100 cm³/mol. The molecule has 0 saturated carbocycles. The lowest BCUT2D eigenvalue weighted by atomic mass is 10.1. The standard InChI is InChI=1S/C20H23N3O3/c1-22(2)10-11-23(13-15-6-4-3-5-7-15)20(25)16-8-9-18-17(12-16)21-19(24)14-26-18/h3-9,12H,10-11,13-14H2,1-2H3,(H,21,24). The molecule has 2 aromatic carbocycles. The fraction of sp³-hybridized carbons (Fsp3) is 0.300. The van der Waals surface area contributed by atoms with Crippen molar-refractivity contribution in [3.8, 4) is 5.75 Å². The van der Waals surface area contributed by atoms with Crippen LogP contribution in [0.25, 0.3) is 0 Å². The zero-order valence-corrected chi connectivity index (χ0v) is 15.1. The van der Waals surface area contributed by atoms with Crippen LogP contribution in [0.4, 0.5) is 5.69 Å². The van der Waals surface area contributed by atoms with E-state index in [1.54, 1.807) is 18.2 Å². The summed E-state index contributed by atoms with van der Waals surface area (Å²) in [7, 11) is 3.97. The summed E-state index contributed by atoms with van der Waals surface area (Å²) >= 11 is 0. The molecule has 0 saturated heterocycles. The lowest BCUT2D eigenvalue weighted by molar-refractivity contribution is -0.118. The van der Waals surface area contributed by atoms with Gasteiger partial charge in [-0.25, -0.2) is 0 Å². The van der Waals surface area contributed by atoms with Gasteiger partial charge in [0.05, 0.1) is 5.69 Å². The first-order chi connectivity index (χ1) is 12.5. The molecule has 0 bridgehead atoms. The van der Waals surface area contributed by atoms with Crippen LogP contribution in [0.5, 0.6) is 5.75 Å². The summed E-state index contributed by atoms with van der Waals surface area (Å²) in [4.78, 5) is 28.5. The second-order valence-electron chi connectivity index (χ2n) is 6.56. The molecule has 0 fully saturated rings. The van der Waals surface area contributed by atoms with Crippen LogP contribution in [0.1, 0.15) is 15.9 Å². The largest absolute Gasteiger partial charge is 0.482 e. The van der Waals surface area contributed by atoms with Crippen molar-refractivity contribution in [2.24, 2.45) is 0 Å². The monoisotopic (exact) mass is 353 g/mol. The Morgan fingerprint density at radius 1 is 1.12 bits per heavy atom. The molecule has 3 rings (SSSR count). The molecule has 0 unspecified atom stereocenters. The molecule has 26 heavy (non-hydrogen) atoms. The normalized spacial score (nSPS) is 13.0. The first-order valence-corrected chi connectivity index (χ1v) is 8.57. The van der Waals surface area contributed by atoms with Gasteiger partial charge >= 0.3 is 0 Å². The number of carbonyl (C=O) groups excluding carboxylic acids is 2. The number of benzene rings is 2. The third-order valence-corrected chi connectivity index (χ3v) is 4.18. The van der Waals surface area contributed by atoms with E-state index in [0.29, 0.717) is 30.1 Å². The predicted octanol–water partition coefficient (Wildman–Crippen LogP) is 2.22. The number of carbonyl (C=O) groups is 2. The Balaban J connectivity index is 1.82. The number of rotatable bonds is 6. The van der Waals surface area contributed by atoms with Gasteiger partial charge in [-0.15, -0.1) is 0 Å². The summed E-state index contributed by atoms with van der Waals surface area (Å²) in [5, 5.41) is 2.75. The van der Waals surface area contributed by atoms with Gasteiger partial charge in [0.2, 0.25) is 0 Å². The van der Waals surface area contributed by atoms with Crippen molar-refractivity contribution in [2.45, 2.75) is 6.54 Å². The number of fused-ring (bicyclic) bond motifs is 1. The Morgan fingerprint density at radius 2 is 1.88 bits per heavy atom. The molecule has 0 aliphatic carbocycles. The lowest BCUT2D eigenvalue weighted by Gasteiger charge is -2.25. The SMILES string of the molecule is CN(C)CCN(Cc1ccccc1)C(=O)c1ccc2c(c1)NC(=O)CO2. The van der Waals surface area contributed by atoms with Gasteiger partial charge in [0.1, 0.15) is 5.75 Å². The van der Waals surface area contributed by atoms with Crippen molar-refractivity contribution in [1.82, 2.24) is 9.80 Å². The second-order valence-corrected chi connectivity index (χ2v) is 6.56. The number of ether oxygens (including phenoxy) is 1. The zero-order valence-electron chi connectivity index (χ0n) is 15.1. The molecule has 1 N–H and O–H groups in total. The maximum atomic E-state index is 13.1. The van der Waals surface area contributed by atoms with Gasteiger partial charge in [0, 0.05) is 25.2 Å². The zero-order chi connectivity index (χ0) is 18.5. The van der Waals surface area contributed by atoms with Gasteiger partial charge in [0.25, 0.3) is 11.8 Å². The van der Waals surface area contributed by atoms with E-state index >= 15 is 0 Å². The molecule has 1 heterocycles. The molecule has 6 heteroatoms. The van der Waals surface area contributed by atoms with E-state index < -0.39 is 0 Å². The first kappa shape index (κ1) is 17.9. The molecule has 0 aromatic heterocycles. The van der Waals surface area contributed by atoms with Gasteiger partial charge < -0.3 is 19.9 Å². The summed E-state index contributed by atoms with van der Waals surface area (Å²) < 4.78 is 5.36. The summed E-state index contributed by atoms with van der Waals surface area (Å²) in [6.45, 7) is 1.92. The summed E-state index contributed by atoms with van der Waals surface area (Å²) in [6.07, 6.45) is 0. The Kier molecular flexibility index (Phi) is 5.53. The molecule has 0 spiro atoms. The second kappa shape index (κ2) is 8.01. The van der Waals surface area contributed by atoms with Crippen LogP contribution in [0.2, 0.25) is 0 Å². The molecule has 1 aliphatic rings. The number of nitrogens with zero attached hydrogens (tertiary/aromatic N) is 2. The third kappa shape index (κ3) is 4.40. The van der Waals surface area contributed by atoms with Crippen molar-refractivity contribution in [3.63, 3.8) is 0 Å². The third-order valence-electron chi connectivity index (χ3n) is 4.18. The van der Waals surface area contributed by atoms with E-state index in [4.69, 9.17) is 4.74 Å². The average molecular weight is 353 g/mol. The van der Waals surface area contributed by atoms with Gasteiger partial charge in [-0.05, 0) is 37.9 Å². The number of amides is 2. The Hall–Kier alpha value is -2.86. The maximum absolute atomic E-state index is 13.1. The summed E-state index contributed by atoms with van der Waals surface area (Å²) in [5.41, 5.74) is 2.15. The van der Waals surface area contributed by atoms with Crippen LogP contribution in [-0.4, -0.2) is 55.4 Å². The molecule has 136 valence electrons. The molecule has 6 nitrogen and oxygen atoms in total. The molecule has 2 amide bonds. The fourth-order valence-corrected chi connectivity index (χ4v) is 2.78. The Morgan fingerprint density at radius 3 is 2.62 bits per heavy atom. The highest BCUT2D eigenvalue weighted by Gasteiger charge is 2.21. The molecule has 2 aromatic rings. The lowest BCUT2D eigenvalue weighted by Crippen LogP contribution is -2.36. The van der Waals surface area contributed by atoms with Crippen molar-refractivity contribution in [2.75, 3.05) is 39.1 Å². The minimum absolute atomic E-state index is 0.00323. The van der Waals surface area contributed by atoms with E-state index in [2.05, 4.69) is 5.32 Å². The Bertz CT molecular complexity index is 790. The average Bonchev–Trinajstić information content (AvgIpc) is 2.64. The Labute approximate surface area is 153 Å². The van der Waals surface area contributed by atoms with Crippen molar-refractivity contribution < 1.29 is 14.3 Å². The quantitative estimate of drug-likeness (QED) is 0.865. The molecule has 1 aliphatic heterocycles. The van der Waals surface area contributed by atoms with Crippen molar-refractivity contribution >= 4 is 17.5 Å². The van der Waals surface area contributed by atoms with Crippen LogP contribution in [0.3, 0.4) is 0 Å². The van der Waals surface area contributed by atoms with E-state index in [-0.39, 0.29) is 18.4 Å². The van der Waals surface area contributed by atoms with E-state index in [1.807, 2.05) is 54.2 Å². The number of likely N-dealkylation sites (N-methyl/N-ethyl adjacent to an activating group) is 1. The highest BCUT2D eigenvalue weighted by molar-refractivity contribution is 5.99. The van der Waals surface area contributed by atoms with Crippen molar-refractivity contribution in [3.05, 3.63) is 59.7 Å². The van der Waals surface area contributed by atoms with Gasteiger partial charge in [-0.1, -0.05) is 30.3 Å². The van der Waals surface area contributed by atoms with Gasteiger partial charge in [-0.3, -0.25) is 9.59 Å². The van der Waals surface area contributed by atoms with Gasteiger partial charge in [-0.2, -0.15) is 0 Å².